The Bertz CT molecular complexity index is 1530. The van der Waals surface area contributed by atoms with Gasteiger partial charge in [-0.25, -0.2) is 9.79 Å². The second-order valence-corrected chi connectivity index (χ2v) is 11.2. The van der Waals surface area contributed by atoms with E-state index in [1.165, 1.54) is 11.3 Å². The molecule has 11 heteroatoms. The van der Waals surface area contributed by atoms with E-state index in [1.807, 2.05) is 36.6 Å². The fourth-order valence-corrected chi connectivity index (χ4v) is 6.44. The number of anilines is 1. The number of hydrogen-bond acceptors (Lipinski definition) is 9. The van der Waals surface area contributed by atoms with Gasteiger partial charge in [0.2, 0.25) is 5.88 Å². The van der Waals surface area contributed by atoms with Crippen molar-refractivity contribution in [3.05, 3.63) is 77.1 Å². The second-order valence-electron chi connectivity index (χ2n) is 8.48. The number of halogens is 1. The summed E-state index contributed by atoms with van der Waals surface area (Å²) in [7, 11) is 0. The summed E-state index contributed by atoms with van der Waals surface area (Å²) >= 11 is 6.49. The van der Waals surface area contributed by atoms with Gasteiger partial charge in [-0.05, 0) is 53.7 Å². The Morgan fingerprint density at radius 1 is 1.30 bits per heavy atom. The third-order valence-corrected chi connectivity index (χ3v) is 8.50. The average Bonchev–Trinajstić information content (AvgIpc) is 3.42. The zero-order chi connectivity index (χ0) is 26.1. The molecule has 5 rings (SSSR count). The van der Waals surface area contributed by atoms with Gasteiger partial charge in [0.15, 0.2) is 4.80 Å². The van der Waals surface area contributed by atoms with Gasteiger partial charge in [-0.15, -0.1) is 11.8 Å². The first kappa shape index (κ1) is 26.0. The van der Waals surface area contributed by atoms with Gasteiger partial charge in [0.25, 0.3) is 5.56 Å². The minimum Gasteiger partial charge on any atom is -0.463 e. The number of carbonyl (C=O) groups excluding carboxylic acids is 1. The number of nitrogens with zero attached hydrogens (tertiary/aromatic N) is 3. The number of furan rings is 1. The highest BCUT2D eigenvalue weighted by Gasteiger charge is 2.33. The van der Waals surface area contributed by atoms with E-state index in [9.17, 15) is 9.59 Å². The first-order valence-electron chi connectivity index (χ1n) is 11.9. The molecule has 0 spiro atoms. The smallest absolute Gasteiger partial charge is 0.338 e. The van der Waals surface area contributed by atoms with E-state index in [0.29, 0.717) is 39.6 Å². The van der Waals surface area contributed by atoms with Gasteiger partial charge in [0.1, 0.15) is 5.76 Å². The van der Waals surface area contributed by atoms with Gasteiger partial charge in [0.05, 0.1) is 46.1 Å². The van der Waals surface area contributed by atoms with E-state index >= 15 is 0 Å². The van der Waals surface area contributed by atoms with Gasteiger partial charge in [-0.1, -0.05) is 23.5 Å². The molecule has 4 heterocycles. The molecule has 2 aromatic heterocycles. The van der Waals surface area contributed by atoms with Crippen molar-refractivity contribution in [1.29, 1.82) is 0 Å². The molecule has 0 amide bonds. The molecule has 1 aromatic carbocycles. The lowest BCUT2D eigenvalue weighted by molar-refractivity contribution is -0.139. The van der Waals surface area contributed by atoms with Gasteiger partial charge < -0.3 is 18.8 Å². The van der Waals surface area contributed by atoms with Crippen LogP contribution in [0.5, 0.6) is 0 Å². The number of morpholine rings is 1. The normalized spacial score (nSPS) is 18.1. The molecule has 0 N–H and O–H groups in total. The number of thioether (sulfide) groups is 1. The van der Waals surface area contributed by atoms with Crippen molar-refractivity contribution in [2.45, 2.75) is 24.8 Å². The number of allylic oxidation sites excluding steroid dienone is 1. The van der Waals surface area contributed by atoms with Crippen LogP contribution < -0.4 is 19.8 Å². The zero-order valence-corrected chi connectivity index (χ0v) is 23.9. The van der Waals surface area contributed by atoms with Crippen molar-refractivity contribution in [3.8, 4) is 0 Å². The number of rotatable bonds is 6. The summed E-state index contributed by atoms with van der Waals surface area (Å²) < 4.78 is 19.8. The molecule has 1 fully saturated rings. The predicted octanol–water partition coefficient (Wildman–Crippen LogP) is 3.71. The number of thiazole rings is 1. The minimum atomic E-state index is -0.638. The largest absolute Gasteiger partial charge is 0.463 e. The van der Waals surface area contributed by atoms with Gasteiger partial charge >= 0.3 is 5.97 Å². The molecule has 0 bridgehead atoms. The van der Waals surface area contributed by atoms with Crippen LogP contribution in [0.15, 0.2) is 65.2 Å². The first-order chi connectivity index (χ1) is 17.9. The van der Waals surface area contributed by atoms with Crippen molar-refractivity contribution in [1.82, 2.24) is 4.57 Å². The monoisotopic (exact) mass is 603 g/mol. The van der Waals surface area contributed by atoms with Crippen molar-refractivity contribution >= 4 is 57.0 Å². The van der Waals surface area contributed by atoms with E-state index in [0.717, 1.165) is 33.9 Å². The molecule has 1 atom stereocenters. The molecule has 8 nitrogen and oxygen atoms in total. The fourth-order valence-electron chi connectivity index (χ4n) is 4.45. The minimum absolute atomic E-state index is 0.233. The Morgan fingerprint density at radius 3 is 2.70 bits per heavy atom. The van der Waals surface area contributed by atoms with Crippen LogP contribution in [0.3, 0.4) is 0 Å². The van der Waals surface area contributed by atoms with Crippen LogP contribution in [0, 0.1) is 0 Å². The Morgan fingerprint density at radius 2 is 2.03 bits per heavy atom. The lowest BCUT2D eigenvalue weighted by Crippen LogP contribution is -2.39. The van der Waals surface area contributed by atoms with Gasteiger partial charge in [-0.3, -0.25) is 9.36 Å². The third-order valence-electron chi connectivity index (χ3n) is 6.21. The molecule has 2 aliphatic rings. The molecule has 0 aliphatic carbocycles. The highest BCUT2D eigenvalue weighted by Crippen LogP contribution is 2.33. The van der Waals surface area contributed by atoms with E-state index in [1.54, 1.807) is 36.3 Å². The lowest BCUT2D eigenvalue weighted by Gasteiger charge is -2.26. The summed E-state index contributed by atoms with van der Waals surface area (Å²) in [4.78, 5) is 35.2. The van der Waals surface area contributed by atoms with E-state index in [2.05, 4.69) is 25.8 Å². The molecule has 0 saturated carbocycles. The van der Waals surface area contributed by atoms with Crippen molar-refractivity contribution in [2.75, 3.05) is 44.1 Å². The molecule has 37 heavy (non-hydrogen) atoms. The van der Waals surface area contributed by atoms with Gasteiger partial charge in [0, 0.05) is 30.1 Å². The van der Waals surface area contributed by atoms with Crippen LogP contribution in [0.1, 0.15) is 31.2 Å². The fraction of sp³-hybridized carbons (Fsp3) is 0.346. The Labute approximate surface area is 230 Å². The van der Waals surface area contributed by atoms with E-state index in [4.69, 9.17) is 13.9 Å². The Kier molecular flexibility index (Phi) is 7.75. The number of fused-ring (bicyclic) bond motifs is 1. The van der Waals surface area contributed by atoms with Crippen LogP contribution in [0.25, 0.3) is 6.08 Å². The summed E-state index contributed by atoms with van der Waals surface area (Å²) in [5.41, 5.74) is 1.49. The van der Waals surface area contributed by atoms with Crippen LogP contribution in [-0.4, -0.2) is 49.7 Å². The maximum atomic E-state index is 13.8. The summed E-state index contributed by atoms with van der Waals surface area (Å²) in [5.74, 6) is 0.803. The van der Waals surface area contributed by atoms with Crippen molar-refractivity contribution in [2.24, 2.45) is 4.99 Å². The molecule has 0 unspecified atom stereocenters. The van der Waals surface area contributed by atoms with Gasteiger partial charge in [-0.2, -0.15) is 0 Å². The quantitative estimate of drug-likeness (QED) is 0.313. The molecule has 1 saturated heterocycles. The first-order valence-corrected chi connectivity index (χ1v) is 14.7. The third kappa shape index (κ3) is 5.09. The maximum absolute atomic E-state index is 13.8. The zero-order valence-electron chi connectivity index (χ0n) is 20.7. The average molecular weight is 605 g/mol. The van der Waals surface area contributed by atoms with Crippen LogP contribution in [0.2, 0.25) is 0 Å². The summed E-state index contributed by atoms with van der Waals surface area (Å²) in [6.45, 7) is 6.53. The number of ether oxygens (including phenoxy) is 2. The second kappa shape index (κ2) is 11.0. The summed E-state index contributed by atoms with van der Waals surface area (Å²) in [6, 6.07) is 9.09. The molecular weight excluding hydrogens is 578 g/mol. The van der Waals surface area contributed by atoms with Crippen LogP contribution >= 0.6 is 39.0 Å². The maximum Gasteiger partial charge on any atom is 0.338 e. The summed E-state index contributed by atoms with van der Waals surface area (Å²) in [5, 5.41) is 0. The molecule has 0 radical (unpaired) electrons. The van der Waals surface area contributed by atoms with E-state index < -0.39 is 12.0 Å². The lowest BCUT2D eigenvalue weighted by atomic mass is 9.96. The number of aromatic nitrogens is 1. The van der Waals surface area contributed by atoms with Crippen LogP contribution in [-0.2, 0) is 14.3 Å². The topological polar surface area (TPSA) is 86.3 Å². The molecular formula is C26H26BrN3O5S2. The highest BCUT2D eigenvalue weighted by molar-refractivity contribution is 9.10. The number of benzene rings is 1. The molecule has 2 aliphatic heterocycles. The standard InChI is InChI=1S/C26H26BrN3O5S2/c1-4-34-25(32)21-15(2)28-26-30(22(21)16-5-7-18(36-3)8-6-16)23(31)20(37-26)14-17-13-19(27)24(35-17)29-9-11-33-12-10-29/h5-8,13-14,22H,4,9-12H2,1-3H3/b20-14+/t22-/m1/s1. The van der Waals surface area contributed by atoms with E-state index in [-0.39, 0.29) is 12.2 Å². The highest BCUT2D eigenvalue weighted by atomic mass is 79.9. The Hall–Kier alpha value is -2.60. The molecule has 194 valence electrons. The van der Waals surface area contributed by atoms with Crippen molar-refractivity contribution < 1.29 is 18.7 Å². The predicted molar refractivity (Wildman–Crippen MR) is 148 cm³/mol. The number of hydrogen-bond donors (Lipinski definition) is 0. The number of carbonyl (C=O) groups is 1. The van der Waals surface area contributed by atoms with Crippen LogP contribution in [0.4, 0.5) is 5.88 Å². The summed E-state index contributed by atoms with van der Waals surface area (Å²) in [6.07, 6.45) is 3.74. The van der Waals surface area contributed by atoms with Crippen molar-refractivity contribution in [3.63, 3.8) is 0 Å². The molecule has 3 aromatic rings. The Balaban J connectivity index is 1.62. The SMILES string of the molecule is CCOC(=O)C1=C(C)N=c2s/c(=C/c3cc(Br)c(N4CCOCC4)o3)c(=O)n2[C@@H]1c1ccc(SC)cc1. The number of esters is 1.